The fourth-order valence-electron chi connectivity index (χ4n) is 1.21. The maximum Gasteiger partial charge on any atom is 0.248 e. The van der Waals surface area contributed by atoms with Crippen molar-refractivity contribution >= 4 is 17.3 Å². The predicted molar refractivity (Wildman–Crippen MR) is 62.7 cm³/mol. The van der Waals surface area contributed by atoms with Crippen molar-refractivity contribution < 1.29 is 4.79 Å². The highest BCUT2D eigenvalue weighted by molar-refractivity contribution is 5.94. The lowest BCUT2D eigenvalue weighted by molar-refractivity contribution is 0.100. The van der Waals surface area contributed by atoms with Crippen LogP contribution in [0.15, 0.2) is 18.2 Å². The first-order valence-corrected chi connectivity index (χ1v) is 5.00. The third-order valence-electron chi connectivity index (χ3n) is 2.35. The van der Waals surface area contributed by atoms with E-state index in [2.05, 4.69) is 19.2 Å². The molecule has 0 aliphatic carbocycles. The van der Waals surface area contributed by atoms with Gasteiger partial charge in [-0.05, 0) is 31.5 Å². The topological polar surface area (TPSA) is 81.1 Å². The van der Waals surface area contributed by atoms with Crippen LogP contribution in [0.1, 0.15) is 30.6 Å². The van der Waals surface area contributed by atoms with E-state index in [0.717, 1.165) is 12.1 Å². The molecule has 1 amide bonds. The number of anilines is 2. The number of amides is 1. The SMILES string of the molecule is CCC(C)Nc1ccc(C(N)=O)cc1N. The highest BCUT2D eigenvalue weighted by Crippen LogP contribution is 2.20. The minimum Gasteiger partial charge on any atom is -0.397 e. The number of nitrogens with two attached hydrogens (primary N) is 2. The van der Waals surface area contributed by atoms with Crippen LogP contribution in [0, 0.1) is 0 Å². The standard InChI is InChI=1S/C11H17N3O/c1-3-7(2)14-10-5-4-8(11(13)15)6-9(10)12/h4-7,14H,3,12H2,1-2H3,(H2,13,15). The predicted octanol–water partition coefficient (Wildman–Crippen LogP) is 1.58. The molecule has 0 aromatic heterocycles. The largest absolute Gasteiger partial charge is 0.397 e. The van der Waals surface area contributed by atoms with E-state index in [1.807, 2.05) is 0 Å². The van der Waals surface area contributed by atoms with Crippen molar-refractivity contribution in [3.8, 4) is 0 Å². The molecule has 0 saturated carbocycles. The fourth-order valence-corrected chi connectivity index (χ4v) is 1.21. The molecule has 0 aliphatic rings. The number of carbonyl (C=O) groups excluding carboxylic acids is 1. The zero-order valence-corrected chi connectivity index (χ0v) is 9.08. The Kier molecular flexibility index (Phi) is 3.55. The summed E-state index contributed by atoms with van der Waals surface area (Å²) in [5.41, 5.74) is 12.8. The summed E-state index contributed by atoms with van der Waals surface area (Å²) in [5, 5.41) is 3.25. The maximum absolute atomic E-state index is 10.9. The molecule has 82 valence electrons. The van der Waals surface area contributed by atoms with Gasteiger partial charge in [0.25, 0.3) is 0 Å². The van der Waals surface area contributed by atoms with Crippen LogP contribution in [0.4, 0.5) is 11.4 Å². The van der Waals surface area contributed by atoms with Gasteiger partial charge >= 0.3 is 0 Å². The number of nitrogen functional groups attached to an aromatic ring is 1. The Morgan fingerprint density at radius 3 is 2.67 bits per heavy atom. The normalized spacial score (nSPS) is 12.1. The Labute approximate surface area is 89.6 Å². The van der Waals surface area contributed by atoms with Crippen LogP contribution < -0.4 is 16.8 Å². The van der Waals surface area contributed by atoms with Gasteiger partial charge in [0.15, 0.2) is 0 Å². The highest BCUT2D eigenvalue weighted by atomic mass is 16.1. The summed E-state index contributed by atoms with van der Waals surface area (Å²) in [7, 11) is 0. The number of carbonyl (C=O) groups is 1. The lowest BCUT2D eigenvalue weighted by Crippen LogP contribution is -2.16. The van der Waals surface area contributed by atoms with Gasteiger partial charge in [-0.15, -0.1) is 0 Å². The van der Waals surface area contributed by atoms with Crippen LogP contribution in [0.5, 0.6) is 0 Å². The molecule has 1 aromatic rings. The highest BCUT2D eigenvalue weighted by Gasteiger charge is 2.06. The summed E-state index contributed by atoms with van der Waals surface area (Å²) < 4.78 is 0. The Morgan fingerprint density at radius 2 is 2.20 bits per heavy atom. The second-order valence-corrected chi connectivity index (χ2v) is 3.62. The van der Waals surface area contributed by atoms with Crippen LogP contribution >= 0.6 is 0 Å². The fraction of sp³-hybridized carbons (Fsp3) is 0.364. The number of rotatable bonds is 4. The van der Waals surface area contributed by atoms with E-state index in [4.69, 9.17) is 11.5 Å². The number of benzene rings is 1. The molecule has 0 aliphatic heterocycles. The number of hydrogen-bond acceptors (Lipinski definition) is 3. The van der Waals surface area contributed by atoms with Crippen molar-refractivity contribution in [1.29, 1.82) is 0 Å². The summed E-state index contributed by atoms with van der Waals surface area (Å²) in [5.74, 6) is -0.461. The van der Waals surface area contributed by atoms with Crippen molar-refractivity contribution in [1.82, 2.24) is 0 Å². The molecule has 1 rings (SSSR count). The second-order valence-electron chi connectivity index (χ2n) is 3.62. The van der Waals surface area contributed by atoms with E-state index in [9.17, 15) is 4.79 Å². The zero-order chi connectivity index (χ0) is 11.4. The first-order chi connectivity index (χ1) is 7.04. The molecule has 0 bridgehead atoms. The molecule has 0 saturated heterocycles. The number of primary amides is 1. The second kappa shape index (κ2) is 4.68. The Balaban J connectivity index is 2.88. The molecular formula is C11H17N3O. The van der Waals surface area contributed by atoms with E-state index >= 15 is 0 Å². The molecule has 0 heterocycles. The molecular weight excluding hydrogens is 190 g/mol. The van der Waals surface area contributed by atoms with Gasteiger partial charge in [-0.2, -0.15) is 0 Å². The summed E-state index contributed by atoms with van der Waals surface area (Å²) in [4.78, 5) is 10.9. The van der Waals surface area contributed by atoms with Gasteiger partial charge in [-0.1, -0.05) is 6.92 Å². The van der Waals surface area contributed by atoms with Gasteiger partial charge in [-0.3, -0.25) is 4.79 Å². The number of nitrogens with one attached hydrogen (secondary N) is 1. The molecule has 0 radical (unpaired) electrons. The molecule has 1 aromatic carbocycles. The van der Waals surface area contributed by atoms with Crippen LogP contribution in [-0.4, -0.2) is 11.9 Å². The summed E-state index contributed by atoms with van der Waals surface area (Å²) in [6.07, 6.45) is 1.01. The molecule has 0 spiro atoms. The summed E-state index contributed by atoms with van der Waals surface area (Å²) in [6.45, 7) is 4.16. The molecule has 5 N–H and O–H groups in total. The van der Waals surface area contributed by atoms with Crippen LogP contribution in [0.3, 0.4) is 0 Å². The van der Waals surface area contributed by atoms with Gasteiger partial charge in [0.05, 0.1) is 11.4 Å². The maximum atomic E-state index is 10.9. The Hall–Kier alpha value is -1.71. The third kappa shape index (κ3) is 2.87. The average Bonchev–Trinajstić information content (AvgIpc) is 2.20. The quantitative estimate of drug-likeness (QED) is 0.655. The van der Waals surface area contributed by atoms with Gasteiger partial charge in [0.2, 0.25) is 5.91 Å². The van der Waals surface area contributed by atoms with Crippen molar-refractivity contribution in [2.45, 2.75) is 26.3 Å². The molecule has 4 heteroatoms. The van der Waals surface area contributed by atoms with Gasteiger partial charge in [0, 0.05) is 11.6 Å². The van der Waals surface area contributed by atoms with Crippen molar-refractivity contribution in [3.05, 3.63) is 23.8 Å². The summed E-state index contributed by atoms with van der Waals surface area (Å²) in [6, 6.07) is 5.39. The molecule has 0 fully saturated rings. The Bertz CT molecular complexity index is 363. The first kappa shape index (κ1) is 11.4. The lowest BCUT2D eigenvalue weighted by atomic mass is 10.1. The molecule has 4 nitrogen and oxygen atoms in total. The lowest BCUT2D eigenvalue weighted by Gasteiger charge is -2.15. The first-order valence-electron chi connectivity index (χ1n) is 5.00. The third-order valence-corrected chi connectivity index (χ3v) is 2.35. The van der Waals surface area contributed by atoms with E-state index in [1.165, 1.54) is 0 Å². The molecule has 1 unspecified atom stereocenters. The zero-order valence-electron chi connectivity index (χ0n) is 9.08. The minimum atomic E-state index is -0.461. The monoisotopic (exact) mass is 207 g/mol. The van der Waals surface area contributed by atoms with Gasteiger partial charge in [-0.25, -0.2) is 0 Å². The van der Waals surface area contributed by atoms with Crippen molar-refractivity contribution in [3.63, 3.8) is 0 Å². The number of hydrogen-bond donors (Lipinski definition) is 3. The van der Waals surface area contributed by atoms with E-state index in [0.29, 0.717) is 17.3 Å². The Morgan fingerprint density at radius 1 is 1.53 bits per heavy atom. The summed E-state index contributed by atoms with van der Waals surface area (Å²) >= 11 is 0. The average molecular weight is 207 g/mol. The van der Waals surface area contributed by atoms with Gasteiger partial charge in [0.1, 0.15) is 0 Å². The van der Waals surface area contributed by atoms with Crippen molar-refractivity contribution in [2.24, 2.45) is 5.73 Å². The van der Waals surface area contributed by atoms with Crippen LogP contribution in [0.25, 0.3) is 0 Å². The minimum absolute atomic E-state index is 0.353. The van der Waals surface area contributed by atoms with Crippen LogP contribution in [0.2, 0.25) is 0 Å². The van der Waals surface area contributed by atoms with Crippen LogP contribution in [-0.2, 0) is 0 Å². The van der Waals surface area contributed by atoms with E-state index < -0.39 is 5.91 Å². The van der Waals surface area contributed by atoms with E-state index in [1.54, 1.807) is 18.2 Å². The smallest absolute Gasteiger partial charge is 0.248 e. The molecule has 15 heavy (non-hydrogen) atoms. The molecule has 1 atom stereocenters. The van der Waals surface area contributed by atoms with Gasteiger partial charge < -0.3 is 16.8 Å². The van der Waals surface area contributed by atoms with E-state index in [-0.39, 0.29) is 0 Å². The van der Waals surface area contributed by atoms with Crippen molar-refractivity contribution in [2.75, 3.05) is 11.1 Å².